The van der Waals surface area contributed by atoms with Crippen LogP contribution in [0.15, 0.2) is 24.3 Å². The quantitative estimate of drug-likeness (QED) is 0.270. The molecule has 6 nitrogen and oxygen atoms in total. The molecule has 1 heterocycles. The molecule has 0 fully saturated rings. The van der Waals surface area contributed by atoms with Crippen molar-refractivity contribution in [3.63, 3.8) is 0 Å². The lowest BCUT2D eigenvalue weighted by Gasteiger charge is -2.31. The van der Waals surface area contributed by atoms with Crippen LogP contribution < -0.4 is 18.9 Å². The summed E-state index contributed by atoms with van der Waals surface area (Å²) in [6, 6.07) is 12.9. The summed E-state index contributed by atoms with van der Waals surface area (Å²) >= 11 is 0. The average Bonchev–Trinajstić information content (AvgIpc) is 3.26. The van der Waals surface area contributed by atoms with Crippen LogP contribution in [-0.2, 0) is 16.2 Å². The highest BCUT2D eigenvalue weighted by molar-refractivity contribution is 5.72. The summed E-state index contributed by atoms with van der Waals surface area (Å²) in [6.45, 7) is 12.9. The van der Waals surface area contributed by atoms with E-state index in [4.69, 9.17) is 18.9 Å². The van der Waals surface area contributed by atoms with Gasteiger partial charge in [0.15, 0.2) is 34.5 Å². The smallest absolute Gasteiger partial charge is 0.189 e. The molecule has 3 aromatic rings. The molecule has 2 aliphatic carbocycles. The number of methoxy groups -OCH3 is 2. The summed E-state index contributed by atoms with van der Waals surface area (Å²) in [4.78, 5) is 0. The Bertz CT molecular complexity index is 1690. The van der Waals surface area contributed by atoms with Crippen LogP contribution in [0.1, 0.15) is 85.0 Å². The summed E-state index contributed by atoms with van der Waals surface area (Å²) in [5.74, 6) is 3.47. The first-order chi connectivity index (χ1) is 18.4. The van der Waals surface area contributed by atoms with Crippen molar-refractivity contribution in [3.8, 4) is 46.6 Å². The van der Waals surface area contributed by atoms with Gasteiger partial charge in [-0.15, -0.1) is 0 Å². The highest BCUT2D eigenvalue weighted by Gasteiger charge is 2.57. The van der Waals surface area contributed by atoms with Gasteiger partial charge in [-0.25, -0.2) is 0 Å². The van der Waals surface area contributed by atoms with Crippen molar-refractivity contribution < 1.29 is 18.9 Å². The summed E-state index contributed by atoms with van der Waals surface area (Å²) in [6.07, 6.45) is 1.86. The molecule has 1 aliphatic heterocycles. The van der Waals surface area contributed by atoms with Gasteiger partial charge >= 0.3 is 0 Å². The van der Waals surface area contributed by atoms with Crippen molar-refractivity contribution in [2.24, 2.45) is 0 Å². The molecule has 39 heavy (non-hydrogen) atoms. The molecule has 198 valence electrons. The highest BCUT2D eigenvalue weighted by atomic mass is 16.6. The molecular formula is C33H32N2O4. The van der Waals surface area contributed by atoms with Crippen LogP contribution in [0.2, 0.25) is 0 Å². The predicted octanol–water partition coefficient (Wildman–Crippen LogP) is 7.61. The van der Waals surface area contributed by atoms with E-state index in [-0.39, 0.29) is 21.8 Å². The van der Waals surface area contributed by atoms with E-state index in [0.29, 0.717) is 28.6 Å². The highest BCUT2D eigenvalue weighted by Crippen LogP contribution is 2.65. The molecule has 1 atom stereocenters. The van der Waals surface area contributed by atoms with E-state index in [1.165, 1.54) is 22.3 Å². The van der Waals surface area contributed by atoms with E-state index < -0.39 is 0 Å². The summed E-state index contributed by atoms with van der Waals surface area (Å²) in [5, 5.41) is 19.7. The van der Waals surface area contributed by atoms with Crippen molar-refractivity contribution in [1.29, 1.82) is 10.5 Å². The largest absolute Gasteiger partial charge is 0.493 e. The van der Waals surface area contributed by atoms with Gasteiger partial charge in [0.2, 0.25) is 0 Å². The standard InChI is InChI=1S/C33H32N2O4/c1-17-18(2)29-30(20(14-35)19(17)13-34)39-28-12-24-22(10-27(28)38-29)32(5,6)16-33(24)15-31(3,4)21-9-25(36-7)26(37-8)11-23(21)33/h9-12H,15-16H2,1-8H3. The van der Waals surface area contributed by atoms with Crippen molar-refractivity contribution in [2.45, 2.75) is 70.6 Å². The molecule has 6 heteroatoms. The second-order valence-corrected chi connectivity index (χ2v) is 12.4. The Balaban J connectivity index is 1.59. The van der Waals surface area contributed by atoms with E-state index in [2.05, 4.69) is 64.1 Å². The normalized spacial score (nSPS) is 20.5. The van der Waals surface area contributed by atoms with Crippen molar-refractivity contribution in [2.75, 3.05) is 14.2 Å². The molecule has 0 saturated heterocycles. The van der Waals surface area contributed by atoms with Crippen molar-refractivity contribution in [3.05, 3.63) is 68.8 Å². The van der Waals surface area contributed by atoms with Crippen LogP contribution in [-0.4, -0.2) is 14.2 Å². The number of hydrogen-bond donors (Lipinski definition) is 0. The Hall–Kier alpha value is -4.16. The second kappa shape index (κ2) is 7.93. The molecule has 3 aliphatic rings. The van der Waals surface area contributed by atoms with Gasteiger partial charge in [0.25, 0.3) is 0 Å². The third kappa shape index (κ3) is 3.18. The maximum absolute atomic E-state index is 9.96. The number of ether oxygens (including phenoxy) is 4. The number of nitriles is 2. The maximum Gasteiger partial charge on any atom is 0.189 e. The fraction of sp³-hybridized carbons (Fsp3) is 0.394. The Morgan fingerprint density at radius 3 is 1.67 bits per heavy atom. The van der Waals surface area contributed by atoms with Gasteiger partial charge in [-0.05, 0) is 95.2 Å². The van der Waals surface area contributed by atoms with E-state index >= 15 is 0 Å². The van der Waals surface area contributed by atoms with Crippen LogP contribution in [0.25, 0.3) is 0 Å². The molecule has 0 aromatic heterocycles. The monoisotopic (exact) mass is 520 g/mol. The molecular weight excluding hydrogens is 488 g/mol. The first kappa shape index (κ1) is 25.1. The lowest BCUT2D eigenvalue weighted by Crippen LogP contribution is -2.27. The zero-order chi connectivity index (χ0) is 28.1. The molecule has 0 bridgehead atoms. The first-order valence-corrected chi connectivity index (χ1v) is 13.2. The van der Waals surface area contributed by atoms with E-state index in [0.717, 1.165) is 35.5 Å². The van der Waals surface area contributed by atoms with Gasteiger partial charge in [0, 0.05) is 5.41 Å². The lowest BCUT2D eigenvalue weighted by molar-refractivity contribution is 0.347. The van der Waals surface area contributed by atoms with E-state index in [1.54, 1.807) is 14.2 Å². The van der Waals surface area contributed by atoms with Gasteiger partial charge in [0.05, 0.1) is 19.8 Å². The third-order valence-corrected chi connectivity index (χ3v) is 9.19. The zero-order valence-corrected chi connectivity index (χ0v) is 23.8. The van der Waals surface area contributed by atoms with Crippen molar-refractivity contribution >= 4 is 0 Å². The molecule has 1 spiro atoms. The lowest BCUT2D eigenvalue weighted by atomic mass is 9.72. The van der Waals surface area contributed by atoms with Crippen LogP contribution in [0.3, 0.4) is 0 Å². The number of rotatable bonds is 2. The Labute approximate surface area is 229 Å². The zero-order valence-electron chi connectivity index (χ0n) is 23.8. The molecule has 0 radical (unpaired) electrons. The number of hydrogen-bond acceptors (Lipinski definition) is 6. The van der Waals surface area contributed by atoms with Gasteiger partial charge in [-0.2, -0.15) is 10.5 Å². The topological polar surface area (TPSA) is 84.5 Å². The Morgan fingerprint density at radius 2 is 1.13 bits per heavy atom. The number of benzene rings is 3. The van der Waals surface area contributed by atoms with Crippen LogP contribution in [0, 0.1) is 36.5 Å². The maximum atomic E-state index is 9.96. The van der Waals surface area contributed by atoms with Crippen LogP contribution in [0.5, 0.6) is 34.5 Å². The fourth-order valence-corrected chi connectivity index (χ4v) is 7.43. The number of nitrogens with zero attached hydrogens (tertiary/aromatic N) is 2. The van der Waals surface area contributed by atoms with Gasteiger partial charge in [-0.3, -0.25) is 0 Å². The minimum Gasteiger partial charge on any atom is -0.493 e. The summed E-state index contributed by atoms with van der Waals surface area (Å²) in [5.41, 5.74) is 6.57. The third-order valence-electron chi connectivity index (χ3n) is 9.19. The Morgan fingerprint density at radius 1 is 0.667 bits per heavy atom. The minimum absolute atomic E-state index is 0.0866. The summed E-state index contributed by atoms with van der Waals surface area (Å²) < 4.78 is 24.3. The minimum atomic E-state index is -0.255. The molecule has 0 N–H and O–H groups in total. The SMILES string of the molecule is COc1cc2c(cc1OC)C1(CC2(C)C)CC(C)(C)c2cc3c(cc21)Oc1c(C#N)c(C#N)c(C)c(C)c1O3. The molecule has 1 unspecified atom stereocenters. The predicted molar refractivity (Wildman–Crippen MR) is 148 cm³/mol. The number of fused-ring (bicyclic) bond motifs is 6. The van der Waals surface area contributed by atoms with Gasteiger partial charge in [0.1, 0.15) is 17.7 Å². The molecule has 0 amide bonds. The first-order valence-electron chi connectivity index (χ1n) is 13.2. The fourth-order valence-electron chi connectivity index (χ4n) is 7.43. The van der Waals surface area contributed by atoms with Crippen LogP contribution in [0.4, 0.5) is 0 Å². The van der Waals surface area contributed by atoms with E-state index in [1.807, 2.05) is 13.8 Å². The van der Waals surface area contributed by atoms with Crippen LogP contribution >= 0.6 is 0 Å². The van der Waals surface area contributed by atoms with Gasteiger partial charge in [-0.1, -0.05) is 27.7 Å². The molecule has 0 saturated carbocycles. The molecule has 6 rings (SSSR count). The average molecular weight is 521 g/mol. The summed E-state index contributed by atoms with van der Waals surface area (Å²) in [7, 11) is 3.35. The van der Waals surface area contributed by atoms with Crippen molar-refractivity contribution in [1.82, 2.24) is 0 Å². The van der Waals surface area contributed by atoms with Gasteiger partial charge < -0.3 is 18.9 Å². The van der Waals surface area contributed by atoms with E-state index in [9.17, 15) is 10.5 Å². The second-order valence-electron chi connectivity index (χ2n) is 12.4. The molecule has 3 aromatic carbocycles. The Kier molecular flexibility index (Phi) is 5.11.